The lowest BCUT2D eigenvalue weighted by atomic mass is 12.7. The summed E-state index contributed by atoms with van der Waals surface area (Å²) in [6.45, 7) is 0. The topological polar surface area (TPSA) is 55.7 Å². The second kappa shape index (κ2) is 2.37. The summed E-state index contributed by atoms with van der Waals surface area (Å²) in [7, 11) is 0. The third-order valence-electron chi connectivity index (χ3n) is 0.0825. The van der Waals surface area contributed by atoms with Crippen LogP contribution in [0.3, 0.4) is 0 Å². The minimum atomic E-state index is -0.0972. The van der Waals surface area contributed by atoms with Crippen LogP contribution in [0.2, 0.25) is 0 Å². The molecule has 0 amide bonds. The fourth-order valence-electron chi connectivity index (χ4n) is 0. The molecule has 32 valence electrons. The molecule has 0 radical (unpaired) electrons. The zero-order valence-corrected chi connectivity index (χ0v) is 2.98. The minimum Gasteiger partial charge on any atom is -0.299 e. The zero-order chi connectivity index (χ0) is 4.28. The van der Waals surface area contributed by atoms with Gasteiger partial charge in [0.05, 0.1) is 0 Å². The summed E-state index contributed by atoms with van der Waals surface area (Å²) in [5.74, 6) is 0. The van der Waals surface area contributed by atoms with Crippen molar-refractivity contribution in [1.82, 2.24) is 10.3 Å². The van der Waals surface area contributed by atoms with Crippen molar-refractivity contribution in [3.63, 3.8) is 0 Å². The largest absolute Gasteiger partial charge is 0.299 e. The van der Waals surface area contributed by atoms with Gasteiger partial charge in [-0.15, -0.1) is 0 Å². The van der Waals surface area contributed by atoms with Crippen molar-refractivity contribution >= 4 is 11.8 Å². The first-order valence-electron chi connectivity index (χ1n) is 0.816. The molecule has 3 N–H and O–H groups in total. The summed E-state index contributed by atoms with van der Waals surface area (Å²) in [5.41, 5.74) is 1.18. The summed E-state index contributed by atoms with van der Waals surface area (Å²) < 4.78 is -0.0972. The lowest BCUT2D eigenvalue weighted by Crippen LogP contribution is -2.21. The van der Waals surface area contributed by atoms with E-state index in [-0.39, 0.29) is 4.69 Å². The second-order valence-corrected chi connectivity index (χ2v) is 0.680. The van der Waals surface area contributed by atoms with E-state index in [1.54, 1.807) is 0 Å². The molecule has 0 saturated heterocycles. The molecule has 0 aliphatic heterocycles. The first-order chi connectivity index (χ1) is 2.27. The molecule has 0 spiro atoms. The fourth-order valence-corrected chi connectivity index (χ4v) is 0. The average molecular weight is 98.5 g/mol. The highest BCUT2D eigenvalue weighted by Gasteiger charge is 1.77. The van der Waals surface area contributed by atoms with Gasteiger partial charge < -0.3 is 0 Å². The molecule has 4 nitrogen and oxygen atoms in total. The standard InChI is InChI=1S/ClH3N2O2/c1-3(5)2-4/h2,4-5H. The van der Waals surface area contributed by atoms with E-state index in [1.165, 1.54) is 5.59 Å². The molecule has 0 bridgehead atoms. The van der Waals surface area contributed by atoms with Gasteiger partial charge in [-0.25, -0.2) is 0 Å². The Labute approximate surface area is 33.6 Å². The van der Waals surface area contributed by atoms with Gasteiger partial charge in [0.2, 0.25) is 0 Å². The van der Waals surface area contributed by atoms with E-state index in [0.29, 0.717) is 0 Å². The highest BCUT2D eigenvalue weighted by Crippen LogP contribution is 1.70. The van der Waals surface area contributed by atoms with Crippen molar-refractivity contribution in [2.75, 3.05) is 0 Å². The van der Waals surface area contributed by atoms with Crippen molar-refractivity contribution in [3.05, 3.63) is 0 Å². The SMILES string of the molecule is ONN(O)Cl. The summed E-state index contributed by atoms with van der Waals surface area (Å²) >= 11 is 4.49. The summed E-state index contributed by atoms with van der Waals surface area (Å²) in [5, 5.41) is 15.0. The molecule has 0 aliphatic rings. The van der Waals surface area contributed by atoms with Gasteiger partial charge >= 0.3 is 0 Å². The van der Waals surface area contributed by atoms with Crippen LogP contribution in [0, 0.1) is 0 Å². The molecule has 0 saturated carbocycles. The smallest absolute Gasteiger partial charge is 0.0268 e. The van der Waals surface area contributed by atoms with Crippen LogP contribution in [0.5, 0.6) is 0 Å². The summed E-state index contributed by atoms with van der Waals surface area (Å²) in [6, 6.07) is 0. The molecule has 0 aromatic heterocycles. The fraction of sp³-hybridized carbons (Fsp3) is 0. The summed E-state index contributed by atoms with van der Waals surface area (Å²) in [4.78, 5) is 0. The number of hydrogen-bond acceptors (Lipinski definition) is 4. The van der Waals surface area contributed by atoms with Gasteiger partial charge in [-0.05, 0) is 4.69 Å². The van der Waals surface area contributed by atoms with E-state index in [4.69, 9.17) is 10.4 Å². The normalized spacial score (nSPS) is 9.60. The Morgan fingerprint density at radius 3 is 2.00 bits per heavy atom. The van der Waals surface area contributed by atoms with Crippen LogP contribution in [0.15, 0.2) is 0 Å². The number of nitrogens with zero attached hydrogens (tertiary/aromatic N) is 1. The van der Waals surface area contributed by atoms with Crippen molar-refractivity contribution in [3.8, 4) is 0 Å². The molecule has 0 heterocycles. The minimum absolute atomic E-state index is 0.0972. The number of hydrazine groups is 1. The quantitative estimate of drug-likeness (QED) is 0.312. The van der Waals surface area contributed by atoms with Gasteiger partial charge in [-0.2, -0.15) is 0 Å². The molecule has 0 aliphatic carbocycles. The number of halogens is 1. The third-order valence-corrected chi connectivity index (χ3v) is 0.158. The molecule has 0 atom stereocenters. The van der Waals surface area contributed by atoms with E-state index in [1.807, 2.05) is 0 Å². The predicted octanol–water partition coefficient (Wildman–Crippen LogP) is -0.275. The van der Waals surface area contributed by atoms with Crippen molar-refractivity contribution < 1.29 is 10.4 Å². The van der Waals surface area contributed by atoms with Crippen molar-refractivity contribution in [1.29, 1.82) is 0 Å². The molecule has 0 aromatic rings. The lowest BCUT2D eigenvalue weighted by molar-refractivity contribution is -0.142. The van der Waals surface area contributed by atoms with Gasteiger partial charge in [-0.1, -0.05) is 5.59 Å². The molecule has 0 unspecified atom stereocenters. The van der Waals surface area contributed by atoms with Crippen LogP contribution in [0.1, 0.15) is 0 Å². The third kappa shape index (κ3) is 4.13. The average Bonchev–Trinajstić information content (AvgIpc) is 1.38. The Hall–Kier alpha value is 0.130. The van der Waals surface area contributed by atoms with Crippen LogP contribution < -0.4 is 5.59 Å². The highest BCUT2D eigenvalue weighted by molar-refractivity contribution is 6.12. The number of hydrogen-bond donors (Lipinski definition) is 3. The van der Waals surface area contributed by atoms with Gasteiger partial charge in [-0.3, -0.25) is 10.4 Å². The van der Waals surface area contributed by atoms with Crippen LogP contribution in [-0.4, -0.2) is 15.1 Å². The molecule has 0 rings (SSSR count). The maximum absolute atomic E-state index is 7.60. The molecule has 0 fully saturated rings. The van der Waals surface area contributed by atoms with Gasteiger partial charge in [0, 0.05) is 11.8 Å². The maximum Gasteiger partial charge on any atom is 0.0268 e. The second-order valence-electron chi connectivity index (χ2n) is 0.360. The van der Waals surface area contributed by atoms with E-state index >= 15 is 0 Å². The Bertz CT molecular complexity index is 21.6. The predicted molar refractivity (Wildman–Crippen MR) is 14.4 cm³/mol. The van der Waals surface area contributed by atoms with E-state index in [9.17, 15) is 0 Å². The summed E-state index contributed by atoms with van der Waals surface area (Å²) in [6.07, 6.45) is 0. The van der Waals surface area contributed by atoms with Gasteiger partial charge in [0.25, 0.3) is 0 Å². The van der Waals surface area contributed by atoms with Crippen molar-refractivity contribution in [2.24, 2.45) is 0 Å². The molecule has 5 heavy (non-hydrogen) atoms. The highest BCUT2D eigenvalue weighted by atomic mass is 35.5. The molecular formula is H3ClN2O2. The zero-order valence-electron chi connectivity index (χ0n) is 2.22. The van der Waals surface area contributed by atoms with E-state index in [2.05, 4.69) is 11.8 Å². The molecular weight excluding hydrogens is 95.5 g/mol. The Morgan fingerprint density at radius 2 is 2.00 bits per heavy atom. The number of rotatable bonds is 1. The van der Waals surface area contributed by atoms with E-state index < -0.39 is 0 Å². The van der Waals surface area contributed by atoms with Crippen LogP contribution in [0.25, 0.3) is 0 Å². The molecule has 0 aromatic carbocycles. The van der Waals surface area contributed by atoms with Crippen LogP contribution in [0.4, 0.5) is 0 Å². The Kier molecular flexibility index (Phi) is 2.43. The lowest BCUT2D eigenvalue weighted by Gasteiger charge is -1.94. The van der Waals surface area contributed by atoms with Crippen LogP contribution >= 0.6 is 11.8 Å². The Balaban J connectivity index is 2.54. The van der Waals surface area contributed by atoms with E-state index in [0.717, 1.165) is 0 Å². The van der Waals surface area contributed by atoms with Gasteiger partial charge in [0.1, 0.15) is 0 Å². The van der Waals surface area contributed by atoms with Gasteiger partial charge in [0.15, 0.2) is 0 Å². The Morgan fingerprint density at radius 1 is 1.80 bits per heavy atom. The maximum atomic E-state index is 7.60. The first kappa shape index (κ1) is 5.13. The number of nitrogens with one attached hydrogen (secondary N) is 1. The monoisotopic (exact) mass is 98.0 g/mol. The van der Waals surface area contributed by atoms with Crippen molar-refractivity contribution in [2.45, 2.75) is 0 Å². The molecule has 5 heteroatoms. The van der Waals surface area contributed by atoms with Crippen LogP contribution in [-0.2, 0) is 0 Å². The first-order valence-corrected chi connectivity index (χ1v) is 1.15.